The highest BCUT2D eigenvalue weighted by molar-refractivity contribution is 6.27. The largest absolute Gasteiger partial charge is 0.466 e. The van der Waals surface area contributed by atoms with E-state index in [0.29, 0.717) is 6.42 Å². The third kappa shape index (κ3) is 1.35. The number of carbonyl (C=O) groups is 3. The van der Waals surface area contributed by atoms with Crippen molar-refractivity contribution in [1.29, 1.82) is 0 Å². The van der Waals surface area contributed by atoms with E-state index >= 15 is 0 Å². The van der Waals surface area contributed by atoms with Crippen LogP contribution in [0.3, 0.4) is 0 Å². The molecule has 1 saturated carbocycles. The predicted molar refractivity (Wildman–Crippen MR) is 40.8 cm³/mol. The maximum absolute atomic E-state index is 11.2. The molecule has 0 aromatic rings. The Kier molecular flexibility index (Phi) is 2.47. The zero-order chi connectivity index (χ0) is 10.1. The molecule has 0 atom stereocenters. The number of hydrogen-bond acceptors (Lipinski definition) is 5. The van der Waals surface area contributed by atoms with Crippen molar-refractivity contribution in [2.75, 3.05) is 7.11 Å². The molecule has 1 aliphatic rings. The van der Waals surface area contributed by atoms with E-state index in [1.165, 1.54) is 0 Å². The zero-order valence-electron chi connectivity index (χ0n) is 7.20. The van der Waals surface area contributed by atoms with Crippen LogP contribution in [0.2, 0.25) is 0 Å². The van der Waals surface area contributed by atoms with Gasteiger partial charge in [0.25, 0.3) is 5.60 Å². The number of aliphatic hydroxyl groups is 1. The highest BCUT2D eigenvalue weighted by atomic mass is 16.5. The minimum absolute atomic E-state index is 0.0390. The first-order chi connectivity index (χ1) is 6.03. The van der Waals surface area contributed by atoms with Crippen LogP contribution in [0.1, 0.15) is 19.3 Å². The fraction of sp³-hybridized carbons (Fsp3) is 0.625. The zero-order valence-corrected chi connectivity index (χ0v) is 7.20. The lowest BCUT2D eigenvalue weighted by molar-refractivity contribution is -0.174. The van der Waals surface area contributed by atoms with E-state index < -0.39 is 23.1 Å². The molecule has 1 fully saturated rings. The maximum atomic E-state index is 11.2. The number of esters is 1. The van der Waals surface area contributed by atoms with E-state index in [1.54, 1.807) is 0 Å². The van der Waals surface area contributed by atoms with Crippen molar-refractivity contribution in [3.63, 3.8) is 0 Å². The van der Waals surface area contributed by atoms with Crippen molar-refractivity contribution >= 4 is 17.5 Å². The average Bonchev–Trinajstić information content (AvgIpc) is 2.12. The lowest BCUT2D eigenvalue weighted by Gasteiger charge is -2.25. The van der Waals surface area contributed by atoms with E-state index in [4.69, 9.17) is 0 Å². The minimum atomic E-state index is -2.53. The molecule has 1 aliphatic carbocycles. The van der Waals surface area contributed by atoms with Crippen LogP contribution in [0.15, 0.2) is 0 Å². The topological polar surface area (TPSA) is 80.7 Å². The lowest BCUT2D eigenvalue weighted by Crippen LogP contribution is -2.56. The van der Waals surface area contributed by atoms with E-state index in [2.05, 4.69) is 4.74 Å². The quantitative estimate of drug-likeness (QED) is 0.429. The van der Waals surface area contributed by atoms with Crippen LogP contribution >= 0.6 is 0 Å². The standard InChI is InChI=1S/C8H10O5/c1-13-7(11)8(12)5(9)3-2-4-6(8)10/h12H,2-4H2,1H3. The van der Waals surface area contributed by atoms with Gasteiger partial charge in [0, 0.05) is 12.8 Å². The minimum Gasteiger partial charge on any atom is -0.466 e. The Bertz CT molecular complexity index is 238. The molecule has 5 nitrogen and oxygen atoms in total. The molecule has 0 saturated heterocycles. The van der Waals surface area contributed by atoms with Gasteiger partial charge < -0.3 is 9.84 Å². The summed E-state index contributed by atoms with van der Waals surface area (Å²) in [6, 6.07) is 0. The molecule has 0 bridgehead atoms. The Hall–Kier alpha value is -1.23. The van der Waals surface area contributed by atoms with E-state index in [-0.39, 0.29) is 12.8 Å². The van der Waals surface area contributed by atoms with E-state index in [9.17, 15) is 19.5 Å². The predicted octanol–water partition coefficient (Wildman–Crippen LogP) is -0.787. The van der Waals surface area contributed by atoms with Crippen molar-refractivity contribution in [2.24, 2.45) is 0 Å². The SMILES string of the molecule is COC(=O)C1(O)C(=O)CCCC1=O. The van der Waals surface area contributed by atoms with Gasteiger partial charge in [-0.15, -0.1) is 0 Å². The molecule has 5 heteroatoms. The van der Waals surface area contributed by atoms with Gasteiger partial charge in [-0.3, -0.25) is 9.59 Å². The van der Waals surface area contributed by atoms with Gasteiger partial charge in [0.05, 0.1) is 7.11 Å². The first-order valence-electron chi connectivity index (χ1n) is 3.91. The number of hydrogen-bond donors (Lipinski definition) is 1. The summed E-state index contributed by atoms with van der Waals surface area (Å²) in [5, 5.41) is 9.50. The second-order valence-corrected chi connectivity index (χ2v) is 2.90. The number of ether oxygens (including phenoxy) is 1. The normalized spacial score (nSPS) is 21.4. The second-order valence-electron chi connectivity index (χ2n) is 2.90. The van der Waals surface area contributed by atoms with E-state index in [0.717, 1.165) is 7.11 Å². The summed E-state index contributed by atoms with van der Waals surface area (Å²) in [6.45, 7) is 0. The monoisotopic (exact) mass is 186 g/mol. The molecule has 13 heavy (non-hydrogen) atoms. The molecular formula is C8H10O5. The summed E-state index contributed by atoms with van der Waals surface area (Å²) < 4.78 is 4.20. The van der Waals surface area contributed by atoms with Gasteiger partial charge in [0.1, 0.15) is 0 Å². The lowest BCUT2D eigenvalue weighted by atomic mass is 9.82. The van der Waals surface area contributed by atoms with Gasteiger partial charge in [-0.05, 0) is 6.42 Å². The first kappa shape index (κ1) is 9.85. The number of Topliss-reactive ketones (excluding diaryl/α,β-unsaturated/α-hetero) is 2. The maximum Gasteiger partial charge on any atom is 0.353 e. The molecule has 0 radical (unpaired) electrons. The van der Waals surface area contributed by atoms with Gasteiger partial charge >= 0.3 is 5.97 Å². The van der Waals surface area contributed by atoms with Gasteiger partial charge in [-0.1, -0.05) is 0 Å². The number of ketones is 2. The molecule has 72 valence electrons. The first-order valence-corrected chi connectivity index (χ1v) is 3.91. The molecule has 0 aromatic heterocycles. The summed E-state index contributed by atoms with van der Waals surface area (Å²) in [6.07, 6.45) is 0.464. The summed E-state index contributed by atoms with van der Waals surface area (Å²) >= 11 is 0. The summed E-state index contributed by atoms with van der Waals surface area (Å²) in [5.41, 5.74) is -2.53. The van der Waals surface area contributed by atoms with Gasteiger partial charge in [0.2, 0.25) is 0 Å². The molecule has 0 spiro atoms. The molecule has 0 heterocycles. The second kappa shape index (κ2) is 3.26. The summed E-state index contributed by atoms with van der Waals surface area (Å²) in [5.74, 6) is -2.71. The van der Waals surface area contributed by atoms with Crippen LogP contribution in [0, 0.1) is 0 Å². The van der Waals surface area contributed by atoms with Crippen LogP contribution in [-0.2, 0) is 19.1 Å². The fourth-order valence-electron chi connectivity index (χ4n) is 1.30. The van der Waals surface area contributed by atoms with Gasteiger partial charge in [-0.2, -0.15) is 0 Å². The number of methoxy groups -OCH3 is 1. The van der Waals surface area contributed by atoms with Crippen molar-refractivity contribution in [2.45, 2.75) is 24.9 Å². The Morgan fingerprint density at radius 2 is 1.85 bits per heavy atom. The molecule has 0 unspecified atom stereocenters. The van der Waals surface area contributed by atoms with Crippen molar-refractivity contribution in [3.8, 4) is 0 Å². The molecular weight excluding hydrogens is 176 g/mol. The smallest absolute Gasteiger partial charge is 0.353 e. The highest BCUT2D eigenvalue weighted by Crippen LogP contribution is 2.22. The van der Waals surface area contributed by atoms with Gasteiger partial charge in [0.15, 0.2) is 11.6 Å². The van der Waals surface area contributed by atoms with Crippen LogP contribution in [0.4, 0.5) is 0 Å². The Labute approximate surface area is 74.7 Å². The Morgan fingerprint density at radius 1 is 1.38 bits per heavy atom. The highest BCUT2D eigenvalue weighted by Gasteiger charge is 2.52. The fourth-order valence-corrected chi connectivity index (χ4v) is 1.30. The Morgan fingerprint density at radius 3 is 2.23 bits per heavy atom. The van der Waals surface area contributed by atoms with Crippen LogP contribution in [-0.4, -0.2) is 35.4 Å². The third-order valence-corrected chi connectivity index (χ3v) is 2.10. The molecule has 0 aliphatic heterocycles. The van der Waals surface area contributed by atoms with Gasteiger partial charge in [-0.25, -0.2) is 4.79 Å². The van der Waals surface area contributed by atoms with Crippen molar-refractivity contribution in [3.05, 3.63) is 0 Å². The van der Waals surface area contributed by atoms with Crippen LogP contribution in [0.25, 0.3) is 0 Å². The summed E-state index contributed by atoms with van der Waals surface area (Å²) in [7, 11) is 1.02. The Balaban J connectivity index is 3.01. The van der Waals surface area contributed by atoms with Crippen molar-refractivity contribution < 1.29 is 24.2 Å². The molecule has 1 rings (SSSR count). The van der Waals surface area contributed by atoms with Crippen molar-refractivity contribution in [1.82, 2.24) is 0 Å². The molecule has 1 N–H and O–H groups in total. The van der Waals surface area contributed by atoms with Crippen LogP contribution < -0.4 is 0 Å². The van der Waals surface area contributed by atoms with Crippen LogP contribution in [0.5, 0.6) is 0 Å². The molecule has 0 amide bonds. The summed E-state index contributed by atoms with van der Waals surface area (Å²) in [4.78, 5) is 33.3. The third-order valence-electron chi connectivity index (χ3n) is 2.10. The molecule has 0 aromatic carbocycles. The average molecular weight is 186 g/mol. The number of carbonyl (C=O) groups excluding carboxylic acids is 3. The number of rotatable bonds is 1. The van der Waals surface area contributed by atoms with E-state index in [1.807, 2.05) is 0 Å².